The lowest BCUT2D eigenvalue weighted by molar-refractivity contribution is 0.919. The summed E-state index contributed by atoms with van der Waals surface area (Å²) >= 11 is 1.87. The molecule has 1 nitrogen and oxygen atoms in total. The van der Waals surface area contributed by atoms with E-state index < -0.39 is 0 Å². The largest absolute Gasteiger partial charge is 0.269 e. The van der Waals surface area contributed by atoms with Crippen molar-refractivity contribution in [2.75, 3.05) is 0 Å². The monoisotopic (exact) mass is 137 g/mol. The number of rotatable bonds is 0. The summed E-state index contributed by atoms with van der Waals surface area (Å²) in [6, 6.07) is 0. The fourth-order valence-electron chi connectivity index (χ4n) is 1.02. The smallest absolute Gasteiger partial charge is 0.0398 e. The zero-order valence-electron chi connectivity index (χ0n) is 4.90. The van der Waals surface area contributed by atoms with Gasteiger partial charge in [-0.1, -0.05) is 12.2 Å². The van der Waals surface area contributed by atoms with E-state index in [2.05, 4.69) is 22.6 Å². The molecule has 46 valence electrons. The van der Waals surface area contributed by atoms with Gasteiger partial charge < -0.3 is 0 Å². The Labute approximate surface area is 58.6 Å². The van der Waals surface area contributed by atoms with E-state index in [-0.39, 0.29) is 0 Å². The molecule has 0 spiro atoms. The Morgan fingerprint density at radius 3 is 3.22 bits per heavy atom. The van der Waals surface area contributed by atoms with Gasteiger partial charge in [0.1, 0.15) is 0 Å². The van der Waals surface area contributed by atoms with Crippen LogP contribution in [-0.2, 0) is 0 Å². The lowest BCUT2D eigenvalue weighted by Crippen LogP contribution is -2.11. The molecule has 0 aromatic rings. The molecule has 0 bridgehead atoms. The Hall–Kier alpha value is -0.500. The highest BCUT2D eigenvalue weighted by Gasteiger charge is 2.20. The van der Waals surface area contributed by atoms with E-state index in [0.717, 1.165) is 0 Å². The first kappa shape index (κ1) is 5.30. The van der Waals surface area contributed by atoms with Crippen LogP contribution in [0.5, 0.6) is 0 Å². The summed E-state index contributed by atoms with van der Waals surface area (Å²) in [5.41, 5.74) is 0. The van der Waals surface area contributed by atoms with Crippen molar-refractivity contribution in [2.45, 2.75) is 5.25 Å². The van der Waals surface area contributed by atoms with Crippen molar-refractivity contribution in [2.24, 2.45) is 10.9 Å². The second-order valence-corrected chi connectivity index (χ2v) is 3.23. The highest BCUT2D eigenvalue weighted by molar-refractivity contribution is 8.03. The Balaban J connectivity index is 2.25. The number of hydrogen-bond donors (Lipinski definition) is 0. The van der Waals surface area contributed by atoms with Gasteiger partial charge in [-0.05, 0) is 5.41 Å². The molecule has 0 radical (unpaired) electrons. The van der Waals surface area contributed by atoms with E-state index in [1.165, 1.54) is 0 Å². The van der Waals surface area contributed by atoms with Crippen LogP contribution in [0.4, 0.5) is 0 Å². The normalized spacial score (nSPS) is 37.3. The molecule has 0 fully saturated rings. The van der Waals surface area contributed by atoms with Crippen LogP contribution in [0.1, 0.15) is 0 Å². The number of aliphatic imine (C=N–C) groups is 1. The molecule has 0 aromatic heterocycles. The van der Waals surface area contributed by atoms with Crippen LogP contribution in [0.3, 0.4) is 0 Å². The Bertz CT molecular complexity index is 193. The maximum Gasteiger partial charge on any atom is 0.0398 e. The fraction of sp³-hybridized carbons (Fsp3) is 0.286. The average molecular weight is 137 g/mol. The highest BCUT2D eigenvalue weighted by atomic mass is 32.2. The number of thioether (sulfide) groups is 1. The second-order valence-electron chi connectivity index (χ2n) is 2.15. The maximum atomic E-state index is 4.05. The van der Waals surface area contributed by atoms with Crippen LogP contribution >= 0.6 is 11.8 Å². The van der Waals surface area contributed by atoms with Crippen molar-refractivity contribution < 1.29 is 0 Å². The van der Waals surface area contributed by atoms with Crippen LogP contribution in [0.15, 0.2) is 28.8 Å². The summed E-state index contributed by atoms with van der Waals surface area (Å²) in [4.78, 5) is 4.05. The second kappa shape index (κ2) is 2.03. The Morgan fingerprint density at radius 1 is 1.33 bits per heavy atom. The summed E-state index contributed by atoms with van der Waals surface area (Å²) in [7, 11) is 0. The topological polar surface area (TPSA) is 12.4 Å². The lowest BCUT2D eigenvalue weighted by Gasteiger charge is -2.11. The van der Waals surface area contributed by atoms with E-state index in [4.69, 9.17) is 0 Å². The van der Waals surface area contributed by atoms with Crippen molar-refractivity contribution in [3.05, 3.63) is 23.8 Å². The first-order chi connectivity index (χ1) is 4.47. The molecule has 2 aliphatic rings. The molecule has 2 heterocycles. The van der Waals surface area contributed by atoms with E-state index in [9.17, 15) is 0 Å². The van der Waals surface area contributed by atoms with Crippen LogP contribution in [0.25, 0.3) is 0 Å². The molecule has 2 heteroatoms. The van der Waals surface area contributed by atoms with Gasteiger partial charge in [-0.15, -0.1) is 11.8 Å². The van der Waals surface area contributed by atoms with Crippen LogP contribution in [-0.4, -0.2) is 11.5 Å². The number of fused-ring (bicyclic) bond motifs is 1. The molecule has 2 rings (SSSR count). The molecule has 0 saturated carbocycles. The lowest BCUT2D eigenvalue weighted by atomic mass is 10.1. The van der Waals surface area contributed by atoms with E-state index >= 15 is 0 Å². The minimum atomic E-state index is 0.569. The molecular formula is C7H7NS. The summed E-state index contributed by atoms with van der Waals surface area (Å²) in [6.45, 7) is 0. The minimum Gasteiger partial charge on any atom is -0.269 e. The maximum absolute atomic E-state index is 4.05. The molecular weight excluding hydrogens is 130 g/mol. The molecule has 0 N–H and O–H groups in total. The van der Waals surface area contributed by atoms with Gasteiger partial charge in [-0.25, -0.2) is 0 Å². The van der Waals surface area contributed by atoms with E-state index in [0.29, 0.717) is 11.2 Å². The van der Waals surface area contributed by atoms with Gasteiger partial charge in [-0.3, -0.25) is 4.99 Å². The number of allylic oxidation sites excluding steroid dienone is 1. The SMILES string of the molecule is C1=CC2SC=CC2C=N1. The third-order valence-electron chi connectivity index (χ3n) is 1.54. The highest BCUT2D eigenvalue weighted by Crippen LogP contribution is 2.30. The first-order valence-electron chi connectivity index (χ1n) is 2.99. The Morgan fingerprint density at radius 2 is 2.33 bits per heavy atom. The molecule has 0 aromatic carbocycles. The van der Waals surface area contributed by atoms with Gasteiger partial charge in [-0.2, -0.15) is 0 Å². The minimum absolute atomic E-state index is 0.569. The predicted octanol–water partition coefficient (Wildman–Crippen LogP) is 1.83. The van der Waals surface area contributed by atoms with Crippen LogP contribution < -0.4 is 0 Å². The molecule has 2 aliphatic heterocycles. The van der Waals surface area contributed by atoms with Crippen molar-refractivity contribution in [1.82, 2.24) is 0 Å². The van der Waals surface area contributed by atoms with Crippen LogP contribution in [0.2, 0.25) is 0 Å². The zero-order valence-corrected chi connectivity index (χ0v) is 5.71. The van der Waals surface area contributed by atoms with Crippen molar-refractivity contribution in [3.8, 4) is 0 Å². The summed E-state index contributed by atoms with van der Waals surface area (Å²) in [5, 5.41) is 2.79. The zero-order chi connectivity index (χ0) is 6.10. The third kappa shape index (κ3) is 0.833. The van der Waals surface area contributed by atoms with Gasteiger partial charge in [0.05, 0.1) is 0 Å². The van der Waals surface area contributed by atoms with Gasteiger partial charge >= 0.3 is 0 Å². The number of hydrogen-bond acceptors (Lipinski definition) is 2. The Kier molecular flexibility index (Phi) is 1.19. The summed E-state index contributed by atoms with van der Waals surface area (Å²) in [5.74, 6) is 0.569. The quantitative estimate of drug-likeness (QED) is 0.496. The molecule has 0 saturated heterocycles. The molecule has 2 atom stereocenters. The van der Waals surface area contributed by atoms with Gasteiger partial charge in [0.15, 0.2) is 0 Å². The number of nitrogens with zero attached hydrogens (tertiary/aromatic N) is 1. The molecule has 0 aliphatic carbocycles. The van der Waals surface area contributed by atoms with Gasteiger partial charge in [0, 0.05) is 23.6 Å². The average Bonchev–Trinajstić information content (AvgIpc) is 2.33. The fourth-order valence-corrected chi connectivity index (χ4v) is 1.98. The first-order valence-corrected chi connectivity index (χ1v) is 3.93. The predicted molar refractivity (Wildman–Crippen MR) is 41.6 cm³/mol. The van der Waals surface area contributed by atoms with Crippen molar-refractivity contribution in [1.29, 1.82) is 0 Å². The standard InChI is InChI=1S/C7H7NS/c1-3-8-5-6-2-4-9-7(1)6/h1-7H. The molecule has 2 unspecified atom stereocenters. The molecule has 0 amide bonds. The summed E-state index contributed by atoms with van der Waals surface area (Å²) in [6.07, 6.45) is 8.22. The van der Waals surface area contributed by atoms with E-state index in [1.54, 1.807) is 0 Å². The van der Waals surface area contributed by atoms with Crippen molar-refractivity contribution in [3.63, 3.8) is 0 Å². The van der Waals surface area contributed by atoms with Crippen LogP contribution in [0, 0.1) is 5.92 Å². The van der Waals surface area contributed by atoms with E-state index in [1.807, 2.05) is 24.2 Å². The summed E-state index contributed by atoms with van der Waals surface area (Å²) < 4.78 is 0. The third-order valence-corrected chi connectivity index (χ3v) is 2.64. The van der Waals surface area contributed by atoms with Gasteiger partial charge in [0.2, 0.25) is 0 Å². The van der Waals surface area contributed by atoms with Gasteiger partial charge in [0.25, 0.3) is 0 Å². The molecule has 9 heavy (non-hydrogen) atoms. The van der Waals surface area contributed by atoms with Crippen molar-refractivity contribution >= 4 is 18.0 Å².